The van der Waals surface area contributed by atoms with Crippen LogP contribution in [0, 0.1) is 0 Å². The van der Waals surface area contributed by atoms with Crippen molar-refractivity contribution in [1.29, 1.82) is 0 Å². The maximum absolute atomic E-state index is 5.81. The minimum atomic E-state index is -0.135. The summed E-state index contributed by atoms with van der Waals surface area (Å²) >= 11 is 5.81. The summed E-state index contributed by atoms with van der Waals surface area (Å²) in [6.45, 7) is 7.09. The first kappa shape index (κ1) is 15.9. The summed E-state index contributed by atoms with van der Waals surface area (Å²) in [5.74, 6) is 0. The fraction of sp³-hybridized carbons (Fsp3) is 0.750. The summed E-state index contributed by atoms with van der Waals surface area (Å²) in [6.07, 6.45) is 0.868. The van der Waals surface area contributed by atoms with Gasteiger partial charge >= 0.3 is 12.0 Å². The first-order valence-corrected chi connectivity index (χ1v) is 6.57. The van der Waals surface area contributed by atoms with Crippen LogP contribution in [0.25, 0.3) is 0 Å². The van der Waals surface area contributed by atoms with Crippen molar-refractivity contribution in [1.82, 2.24) is 19.9 Å². The lowest BCUT2D eigenvalue weighted by Gasteiger charge is -2.31. The van der Waals surface area contributed by atoms with Gasteiger partial charge in [-0.2, -0.15) is 9.97 Å². The van der Waals surface area contributed by atoms with E-state index in [0.29, 0.717) is 13.2 Å². The van der Waals surface area contributed by atoms with Gasteiger partial charge in [0.05, 0.1) is 6.61 Å². The summed E-state index contributed by atoms with van der Waals surface area (Å²) in [4.78, 5) is 13.9. The van der Waals surface area contributed by atoms with Crippen LogP contribution in [0.1, 0.15) is 27.2 Å². The monoisotopic (exact) mass is 288 g/mol. The van der Waals surface area contributed by atoms with Gasteiger partial charge in [0.25, 0.3) is 0 Å². The molecule has 1 aromatic heterocycles. The van der Waals surface area contributed by atoms with Crippen molar-refractivity contribution in [3.05, 3.63) is 5.28 Å². The molecule has 108 valence electrons. The quantitative estimate of drug-likeness (QED) is 0.765. The standard InChI is InChI=1S/C12H21ClN4O2/c1-6-7-18-10-14-9(13)15-11(16-10)19-8-12(2,3)17(4)5/h6-8H2,1-5H3. The number of nitrogens with zero attached hydrogens (tertiary/aromatic N) is 4. The first-order chi connectivity index (χ1) is 8.85. The van der Waals surface area contributed by atoms with Gasteiger partial charge in [0.15, 0.2) is 0 Å². The molecule has 0 radical (unpaired) electrons. The molecular formula is C12H21ClN4O2. The van der Waals surface area contributed by atoms with E-state index in [0.717, 1.165) is 6.42 Å². The van der Waals surface area contributed by atoms with Gasteiger partial charge in [0.2, 0.25) is 5.28 Å². The SMILES string of the molecule is CCCOc1nc(Cl)nc(OCC(C)(C)N(C)C)n1. The molecule has 0 saturated heterocycles. The Morgan fingerprint density at radius 1 is 1.11 bits per heavy atom. The van der Waals surface area contributed by atoms with Crippen molar-refractivity contribution in [2.24, 2.45) is 0 Å². The van der Waals surface area contributed by atoms with Crippen molar-refractivity contribution in [3.63, 3.8) is 0 Å². The molecule has 0 unspecified atom stereocenters. The second-order valence-electron chi connectivity index (χ2n) is 5.01. The van der Waals surface area contributed by atoms with Gasteiger partial charge in [0.1, 0.15) is 6.61 Å². The van der Waals surface area contributed by atoms with Crippen LogP contribution >= 0.6 is 11.6 Å². The minimum Gasteiger partial charge on any atom is -0.463 e. The molecule has 6 nitrogen and oxygen atoms in total. The molecule has 0 spiro atoms. The largest absolute Gasteiger partial charge is 0.463 e. The molecule has 0 aliphatic rings. The number of hydrogen-bond donors (Lipinski definition) is 0. The van der Waals surface area contributed by atoms with Gasteiger partial charge in [-0.3, -0.25) is 0 Å². The van der Waals surface area contributed by atoms with E-state index in [1.807, 2.05) is 21.0 Å². The van der Waals surface area contributed by atoms with Crippen LogP contribution in [0.2, 0.25) is 5.28 Å². The molecular weight excluding hydrogens is 268 g/mol. The fourth-order valence-electron chi connectivity index (χ4n) is 1.01. The van der Waals surface area contributed by atoms with Gasteiger partial charge in [0, 0.05) is 5.54 Å². The molecule has 0 aromatic carbocycles. The smallest absolute Gasteiger partial charge is 0.323 e. The highest BCUT2D eigenvalue weighted by molar-refractivity contribution is 6.28. The van der Waals surface area contributed by atoms with E-state index in [-0.39, 0.29) is 22.8 Å². The van der Waals surface area contributed by atoms with E-state index in [1.165, 1.54) is 0 Å². The maximum Gasteiger partial charge on any atom is 0.323 e. The third kappa shape index (κ3) is 5.16. The lowest BCUT2D eigenvalue weighted by atomic mass is 10.1. The van der Waals surface area contributed by atoms with Gasteiger partial charge < -0.3 is 14.4 Å². The second kappa shape index (κ2) is 6.86. The molecule has 0 atom stereocenters. The van der Waals surface area contributed by atoms with E-state index < -0.39 is 0 Å². The maximum atomic E-state index is 5.81. The highest BCUT2D eigenvalue weighted by Gasteiger charge is 2.22. The molecule has 1 rings (SSSR count). The van der Waals surface area contributed by atoms with Crippen LogP contribution in [-0.4, -0.2) is 52.7 Å². The molecule has 7 heteroatoms. The van der Waals surface area contributed by atoms with E-state index in [4.69, 9.17) is 21.1 Å². The van der Waals surface area contributed by atoms with Crippen molar-refractivity contribution < 1.29 is 9.47 Å². The van der Waals surface area contributed by atoms with Crippen molar-refractivity contribution in [2.75, 3.05) is 27.3 Å². The number of likely N-dealkylation sites (N-methyl/N-ethyl adjacent to an activating group) is 1. The van der Waals surface area contributed by atoms with Crippen LogP contribution in [-0.2, 0) is 0 Å². The van der Waals surface area contributed by atoms with Crippen LogP contribution in [0.4, 0.5) is 0 Å². The van der Waals surface area contributed by atoms with Crippen molar-refractivity contribution in [2.45, 2.75) is 32.7 Å². The topological polar surface area (TPSA) is 60.4 Å². The van der Waals surface area contributed by atoms with Gasteiger partial charge in [-0.15, -0.1) is 4.98 Å². The number of hydrogen-bond acceptors (Lipinski definition) is 6. The van der Waals surface area contributed by atoms with E-state index in [2.05, 4.69) is 33.7 Å². The van der Waals surface area contributed by atoms with Crippen LogP contribution < -0.4 is 9.47 Å². The average molecular weight is 289 g/mol. The van der Waals surface area contributed by atoms with Gasteiger partial charge in [-0.05, 0) is 46.0 Å². The Labute approximate surface area is 119 Å². The number of rotatable bonds is 7. The Kier molecular flexibility index (Phi) is 5.75. The zero-order chi connectivity index (χ0) is 14.5. The fourth-order valence-corrected chi connectivity index (χ4v) is 1.15. The summed E-state index contributed by atoms with van der Waals surface area (Å²) < 4.78 is 10.9. The molecule has 0 bridgehead atoms. The third-order valence-corrected chi connectivity index (χ3v) is 2.94. The lowest BCUT2D eigenvalue weighted by Crippen LogP contribution is -2.43. The number of aromatic nitrogens is 3. The highest BCUT2D eigenvalue weighted by Crippen LogP contribution is 2.16. The van der Waals surface area contributed by atoms with Crippen molar-refractivity contribution in [3.8, 4) is 12.0 Å². The number of halogens is 1. The van der Waals surface area contributed by atoms with E-state index >= 15 is 0 Å². The van der Waals surface area contributed by atoms with E-state index in [9.17, 15) is 0 Å². The van der Waals surface area contributed by atoms with E-state index in [1.54, 1.807) is 0 Å². The van der Waals surface area contributed by atoms with Gasteiger partial charge in [-0.1, -0.05) is 6.92 Å². The predicted octanol–water partition coefficient (Wildman–Crippen LogP) is 2.03. The zero-order valence-corrected chi connectivity index (χ0v) is 12.9. The summed E-state index contributed by atoms with van der Waals surface area (Å²) in [7, 11) is 3.97. The molecule has 0 saturated carbocycles. The summed E-state index contributed by atoms with van der Waals surface area (Å²) in [5.41, 5.74) is -0.135. The Hall–Kier alpha value is -1.14. The highest BCUT2D eigenvalue weighted by atomic mass is 35.5. The minimum absolute atomic E-state index is 0.0683. The normalized spacial score (nSPS) is 11.7. The molecule has 0 N–H and O–H groups in total. The Bertz CT molecular complexity index is 413. The first-order valence-electron chi connectivity index (χ1n) is 6.19. The zero-order valence-electron chi connectivity index (χ0n) is 12.1. The molecule has 1 aromatic rings. The summed E-state index contributed by atoms with van der Waals surface area (Å²) in [6, 6.07) is 0.375. The molecule has 0 fully saturated rings. The average Bonchev–Trinajstić information content (AvgIpc) is 2.33. The second-order valence-corrected chi connectivity index (χ2v) is 5.35. The molecule has 0 amide bonds. The van der Waals surface area contributed by atoms with Crippen molar-refractivity contribution >= 4 is 11.6 Å². The molecule has 1 heterocycles. The van der Waals surface area contributed by atoms with Crippen LogP contribution in [0.5, 0.6) is 12.0 Å². The van der Waals surface area contributed by atoms with Crippen LogP contribution in [0.15, 0.2) is 0 Å². The predicted molar refractivity (Wildman–Crippen MR) is 73.9 cm³/mol. The Morgan fingerprint density at radius 2 is 1.68 bits per heavy atom. The lowest BCUT2D eigenvalue weighted by molar-refractivity contribution is 0.106. The Morgan fingerprint density at radius 3 is 2.21 bits per heavy atom. The molecule has 0 aliphatic heterocycles. The number of ether oxygens (including phenoxy) is 2. The molecule has 19 heavy (non-hydrogen) atoms. The Balaban J connectivity index is 2.70. The van der Waals surface area contributed by atoms with Crippen LogP contribution in [0.3, 0.4) is 0 Å². The van der Waals surface area contributed by atoms with Gasteiger partial charge in [-0.25, -0.2) is 0 Å². The summed E-state index contributed by atoms with van der Waals surface area (Å²) in [5, 5.41) is 0.0683. The third-order valence-electron chi connectivity index (χ3n) is 2.77. The molecule has 0 aliphatic carbocycles.